The van der Waals surface area contributed by atoms with E-state index in [1.165, 1.54) is 17.4 Å². The maximum atomic E-state index is 12.1. The molecular weight excluding hydrogens is 264 g/mol. The van der Waals surface area contributed by atoms with Crippen LogP contribution in [0.25, 0.3) is 0 Å². The summed E-state index contributed by atoms with van der Waals surface area (Å²) in [5.74, 6) is -1.10. The van der Waals surface area contributed by atoms with Crippen LogP contribution in [0.1, 0.15) is 18.5 Å². The molecule has 0 aromatic carbocycles. The van der Waals surface area contributed by atoms with Crippen molar-refractivity contribution in [1.82, 2.24) is 20.2 Å². The SMILES string of the molecule is O=C(O)[C@H](Cc1cnc[nH]1)NC(=O)N1CCCC1CO. The van der Waals surface area contributed by atoms with Crippen LogP contribution in [0.4, 0.5) is 4.79 Å². The van der Waals surface area contributed by atoms with Crippen molar-refractivity contribution in [2.45, 2.75) is 31.3 Å². The van der Waals surface area contributed by atoms with Gasteiger partial charge in [0.25, 0.3) is 0 Å². The van der Waals surface area contributed by atoms with E-state index >= 15 is 0 Å². The molecule has 8 nitrogen and oxygen atoms in total. The van der Waals surface area contributed by atoms with E-state index in [9.17, 15) is 14.7 Å². The number of aromatic amines is 1. The zero-order valence-corrected chi connectivity index (χ0v) is 11.0. The van der Waals surface area contributed by atoms with Gasteiger partial charge in [-0.05, 0) is 12.8 Å². The van der Waals surface area contributed by atoms with Gasteiger partial charge >= 0.3 is 12.0 Å². The van der Waals surface area contributed by atoms with Crippen LogP contribution in [-0.2, 0) is 11.2 Å². The molecule has 0 saturated carbocycles. The summed E-state index contributed by atoms with van der Waals surface area (Å²) in [6, 6.07) is -1.70. The summed E-state index contributed by atoms with van der Waals surface area (Å²) in [7, 11) is 0. The monoisotopic (exact) mass is 282 g/mol. The molecule has 2 heterocycles. The van der Waals surface area contributed by atoms with Crippen molar-refractivity contribution in [3.63, 3.8) is 0 Å². The van der Waals surface area contributed by atoms with Crippen LogP contribution < -0.4 is 5.32 Å². The molecule has 1 aromatic heterocycles. The van der Waals surface area contributed by atoms with E-state index in [0.29, 0.717) is 12.2 Å². The molecule has 1 aromatic rings. The highest BCUT2D eigenvalue weighted by molar-refractivity contribution is 5.83. The first-order valence-electron chi connectivity index (χ1n) is 6.50. The average molecular weight is 282 g/mol. The fraction of sp³-hybridized carbons (Fsp3) is 0.583. The minimum absolute atomic E-state index is 0.105. The predicted octanol–water partition coefficient (Wildman–Crippen LogP) is -0.428. The second kappa shape index (κ2) is 6.38. The van der Waals surface area contributed by atoms with Gasteiger partial charge < -0.3 is 25.4 Å². The maximum Gasteiger partial charge on any atom is 0.326 e. The number of imidazole rings is 1. The van der Waals surface area contributed by atoms with Gasteiger partial charge in [0, 0.05) is 24.9 Å². The third kappa shape index (κ3) is 3.27. The Kier molecular flexibility index (Phi) is 4.57. The van der Waals surface area contributed by atoms with Crippen LogP contribution >= 0.6 is 0 Å². The number of carboxylic acid groups (broad SMARTS) is 1. The van der Waals surface area contributed by atoms with E-state index in [-0.39, 0.29) is 19.1 Å². The molecule has 1 unspecified atom stereocenters. The number of aliphatic hydroxyl groups excluding tert-OH is 1. The first-order valence-corrected chi connectivity index (χ1v) is 6.50. The zero-order valence-electron chi connectivity index (χ0n) is 11.0. The predicted molar refractivity (Wildman–Crippen MR) is 69.1 cm³/mol. The molecule has 1 fully saturated rings. The third-order valence-electron chi connectivity index (χ3n) is 3.42. The molecular formula is C12H18N4O4. The van der Waals surface area contributed by atoms with Gasteiger partial charge in [-0.1, -0.05) is 0 Å². The molecule has 2 rings (SSSR count). The number of aromatic nitrogens is 2. The number of H-pyrrole nitrogens is 1. The average Bonchev–Trinajstić information content (AvgIpc) is 3.08. The Morgan fingerprint density at radius 3 is 3.00 bits per heavy atom. The summed E-state index contributed by atoms with van der Waals surface area (Å²) >= 11 is 0. The number of urea groups is 1. The third-order valence-corrected chi connectivity index (χ3v) is 3.42. The van der Waals surface area contributed by atoms with Crippen molar-refractivity contribution in [3.05, 3.63) is 18.2 Å². The molecule has 2 atom stereocenters. The number of rotatable bonds is 5. The van der Waals surface area contributed by atoms with Gasteiger partial charge in [-0.3, -0.25) is 0 Å². The first kappa shape index (κ1) is 14.3. The molecule has 8 heteroatoms. The number of aliphatic carboxylic acids is 1. The van der Waals surface area contributed by atoms with Crippen molar-refractivity contribution in [2.75, 3.05) is 13.2 Å². The van der Waals surface area contributed by atoms with E-state index in [1.54, 1.807) is 0 Å². The Morgan fingerprint density at radius 2 is 2.40 bits per heavy atom. The molecule has 1 saturated heterocycles. The number of hydrogen-bond acceptors (Lipinski definition) is 4. The van der Waals surface area contributed by atoms with Crippen LogP contribution in [0.15, 0.2) is 12.5 Å². The van der Waals surface area contributed by atoms with Crippen molar-refractivity contribution in [1.29, 1.82) is 0 Å². The molecule has 1 aliphatic heterocycles. The fourth-order valence-electron chi connectivity index (χ4n) is 2.34. The van der Waals surface area contributed by atoms with Crippen LogP contribution in [0, 0.1) is 0 Å². The van der Waals surface area contributed by atoms with Crippen LogP contribution in [0.5, 0.6) is 0 Å². The Labute approximate surface area is 115 Å². The lowest BCUT2D eigenvalue weighted by Gasteiger charge is -2.25. The van der Waals surface area contributed by atoms with Gasteiger partial charge in [-0.25, -0.2) is 14.6 Å². The minimum atomic E-state index is -1.10. The number of nitrogens with zero attached hydrogens (tertiary/aromatic N) is 2. The fourth-order valence-corrected chi connectivity index (χ4v) is 2.34. The van der Waals surface area contributed by atoms with Gasteiger partial charge in [0.15, 0.2) is 0 Å². The summed E-state index contributed by atoms with van der Waals surface area (Å²) < 4.78 is 0. The molecule has 0 aliphatic carbocycles. The van der Waals surface area contributed by atoms with Gasteiger partial charge in [0.05, 0.1) is 19.0 Å². The number of aliphatic hydroxyl groups is 1. The van der Waals surface area contributed by atoms with E-state index in [1.807, 2.05) is 0 Å². The van der Waals surface area contributed by atoms with Crippen molar-refractivity contribution in [2.24, 2.45) is 0 Å². The van der Waals surface area contributed by atoms with Gasteiger partial charge in [-0.15, -0.1) is 0 Å². The van der Waals surface area contributed by atoms with E-state index in [2.05, 4.69) is 15.3 Å². The molecule has 2 amide bonds. The maximum absolute atomic E-state index is 12.1. The summed E-state index contributed by atoms with van der Waals surface area (Å²) in [5, 5.41) is 20.8. The summed E-state index contributed by atoms with van der Waals surface area (Å²) in [6.45, 7) is 0.430. The number of carboxylic acids is 1. The van der Waals surface area contributed by atoms with E-state index < -0.39 is 18.0 Å². The van der Waals surface area contributed by atoms with Crippen molar-refractivity contribution in [3.8, 4) is 0 Å². The molecule has 0 bridgehead atoms. The number of carbonyl (C=O) groups excluding carboxylic acids is 1. The molecule has 20 heavy (non-hydrogen) atoms. The largest absolute Gasteiger partial charge is 0.480 e. The minimum Gasteiger partial charge on any atom is -0.480 e. The molecule has 0 radical (unpaired) electrons. The zero-order chi connectivity index (χ0) is 14.5. The van der Waals surface area contributed by atoms with E-state index in [0.717, 1.165) is 12.8 Å². The summed E-state index contributed by atoms with van der Waals surface area (Å²) in [4.78, 5) is 31.4. The molecule has 0 spiro atoms. The van der Waals surface area contributed by atoms with Gasteiger partial charge in [0.2, 0.25) is 0 Å². The number of nitrogens with one attached hydrogen (secondary N) is 2. The van der Waals surface area contributed by atoms with Gasteiger partial charge in [-0.2, -0.15) is 0 Å². The number of carbonyl (C=O) groups is 2. The van der Waals surface area contributed by atoms with E-state index in [4.69, 9.17) is 5.11 Å². The Hall–Kier alpha value is -2.09. The number of hydrogen-bond donors (Lipinski definition) is 4. The molecule has 1 aliphatic rings. The van der Waals surface area contributed by atoms with Gasteiger partial charge in [0.1, 0.15) is 6.04 Å². The number of likely N-dealkylation sites (tertiary alicyclic amines) is 1. The second-order valence-corrected chi connectivity index (χ2v) is 4.79. The number of amides is 2. The van der Waals surface area contributed by atoms with Crippen molar-refractivity contribution < 1.29 is 19.8 Å². The first-order chi connectivity index (χ1) is 9.61. The highest BCUT2D eigenvalue weighted by atomic mass is 16.4. The lowest BCUT2D eigenvalue weighted by molar-refractivity contribution is -0.139. The quantitative estimate of drug-likeness (QED) is 0.584. The van der Waals surface area contributed by atoms with Crippen LogP contribution in [-0.4, -0.2) is 62.3 Å². The van der Waals surface area contributed by atoms with Crippen LogP contribution in [0.2, 0.25) is 0 Å². The molecule has 110 valence electrons. The normalized spacial score (nSPS) is 19.9. The second-order valence-electron chi connectivity index (χ2n) is 4.79. The standard InChI is InChI=1S/C12H18N4O4/c17-6-9-2-1-3-16(9)12(20)15-10(11(18)19)4-8-5-13-7-14-8/h5,7,9-10,17H,1-4,6H2,(H,13,14)(H,15,20)(H,18,19)/t9?,10-/m0/s1. The van der Waals surface area contributed by atoms with Crippen molar-refractivity contribution >= 4 is 12.0 Å². The highest BCUT2D eigenvalue weighted by Crippen LogP contribution is 2.16. The lowest BCUT2D eigenvalue weighted by atomic mass is 10.1. The summed E-state index contributed by atoms with van der Waals surface area (Å²) in [5.41, 5.74) is 0.637. The van der Waals surface area contributed by atoms with Crippen LogP contribution in [0.3, 0.4) is 0 Å². The lowest BCUT2D eigenvalue weighted by Crippen LogP contribution is -2.51. The Balaban J connectivity index is 1.97. The Morgan fingerprint density at radius 1 is 1.60 bits per heavy atom. The molecule has 4 N–H and O–H groups in total. The Bertz CT molecular complexity index is 462. The topological polar surface area (TPSA) is 119 Å². The summed E-state index contributed by atoms with van der Waals surface area (Å²) in [6.07, 6.45) is 4.67. The smallest absolute Gasteiger partial charge is 0.326 e. The highest BCUT2D eigenvalue weighted by Gasteiger charge is 2.31.